The van der Waals surface area contributed by atoms with Gasteiger partial charge in [0.25, 0.3) is 6.43 Å². The molecule has 0 heterocycles. The number of alkyl halides is 2. The van der Waals surface area contributed by atoms with Gasteiger partial charge < -0.3 is 10.2 Å². The highest BCUT2D eigenvalue weighted by Crippen LogP contribution is 2.24. The van der Waals surface area contributed by atoms with Crippen LogP contribution in [-0.4, -0.2) is 43.4 Å². The van der Waals surface area contributed by atoms with E-state index in [1.165, 1.54) is 0 Å². The Balaban J connectivity index is 2.09. The molecular formula is C8H14F2N2O. The molecule has 0 bridgehead atoms. The van der Waals surface area contributed by atoms with Crippen molar-refractivity contribution >= 4 is 5.91 Å². The summed E-state index contributed by atoms with van der Waals surface area (Å²) in [5.74, 6) is -0.108. The van der Waals surface area contributed by atoms with Crippen LogP contribution in [0.5, 0.6) is 0 Å². The molecule has 0 aromatic heterocycles. The largest absolute Gasteiger partial charge is 0.342 e. The van der Waals surface area contributed by atoms with E-state index in [1.807, 2.05) is 0 Å². The molecule has 0 aromatic rings. The second-order valence-electron chi connectivity index (χ2n) is 3.26. The number of carbonyl (C=O) groups excluding carboxylic acids is 1. The normalized spacial score (nSPS) is 16.3. The first-order valence-electron chi connectivity index (χ1n) is 4.35. The fraction of sp³-hybridized carbons (Fsp3) is 0.875. The molecule has 1 aliphatic rings. The Morgan fingerprint density at radius 2 is 2.23 bits per heavy atom. The molecule has 3 nitrogen and oxygen atoms in total. The number of halogens is 2. The van der Waals surface area contributed by atoms with Crippen molar-refractivity contribution in [3.8, 4) is 0 Å². The average Bonchev–Trinajstić information content (AvgIpc) is 2.84. The van der Waals surface area contributed by atoms with Crippen molar-refractivity contribution in [2.45, 2.75) is 25.3 Å². The Labute approximate surface area is 76.1 Å². The lowest BCUT2D eigenvalue weighted by Gasteiger charge is -2.16. The van der Waals surface area contributed by atoms with Gasteiger partial charge in [-0.15, -0.1) is 0 Å². The maximum Gasteiger partial charge on any atom is 0.250 e. The first-order valence-corrected chi connectivity index (χ1v) is 4.35. The highest BCUT2D eigenvalue weighted by molar-refractivity contribution is 5.78. The molecule has 76 valence electrons. The van der Waals surface area contributed by atoms with Crippen LogP contribution in [0.2, 0.25) is 0 Å². The Bertz CT molecular complexity index is 183. The van der Waals surface area contributed by atoms with Crippen molar-refractivity contribution in [2.75, 3.05) is 20.1 Å². The highest BCUT2D eigenvalue weighted by Gasteiger charge is 2.29. The summed E-state index contributed by atoms with van der Waals surface area (Å²) in [6.07, 6.45) is -0.312. The molecule has 5 heteroatoms. The number of amides is 1. The van der Waals surface area contributed by atoms with Gasteiger partial charge in [0.1, 0.15) is 0 Å². The van der Waals surface area contributed by atoms with Crippen molar-refractivity contribution in [2.24, 2.45) is 0 Å². The van der Waals surface area contributed by atoms with Crippen LogP contribution < -0.4 is 5.32 Å². The Morgan fingerprint density at radius 3 is 2.69 bits per heavy atom. The van der Waals surface area contributed by atoms with E-state index in [1.54, 1.807) is 11.9 Å². The van der Waals surface area contributed by atoms with Crippen LogP contribution in [0.4, 0.5) is 8.78 Å². The third kappa shape index (κ3) is 3.67. The van der Waals surface area contributed by atoms with Gasteiger partial charge in [-0.3, -0.25) is 4.79 Å². The standard InChI is InChI=1S/C8H14F2N2O/c1-12(6-2-3-6)8(13)5-11-4-7(9)10/h6-7,11H,2-5H2,1H3. The second-order valence-corrected chi connectivity index (χ2v) is 3.26. The number of hydrogen-bond donors (Lipinski definition) is 1. The lowest BCUT2D eigenvalue weighted by Crippen LogP contribution is -2.38. The average molecular weight is 192 g/mol. The van der Waals surface area contributed by atoms with Gasteiger partial charge in [-0.1, -0.05) is 0 Å². The van der Waals surface area contributed by atoms with Crippen LogP contribution in [0.25, 0.3) is 0 Å². The number of carbonyl (C=O) groups is 1. The zero-order valence-electron chi connectivity index (χ0n) is 7.59. The van der Waals surface area contributed by atoms with Crippen LogP contribution in [0, 0.1) is 0 Å². The molecule has 1 saturated carbocycles. The van der Waals surface area contributed by atoms with Crippen LogP contribution in [-0.2, 0) is 4.79 Å². The minimum absolute atomic E-state index is 0.0112. The zero-order chi connectivity index (χ0) is 9.84. The molecule has 1 fully saturated rings. The molecule has 0 spiro atoms. The SMILES string of the molecule is CN(C(=O)CNCC(F)F)C1CC1. The summed E-state index contributed by atoms with van der Waals surface area (Å²) in [4.78, 5) is 12.8. The van der Waals surface area contributed by atoms with Crippen LogP contribution in [0.3, 0.4) is 0 Å². The van der Waals surface area contributed by atoms with Gasteiger partial charge in [-0.25, -0.2) is 8.78 Å². The fourth-order valence-electron chi connectivity index (χ4n) is 1.08. The summed E-state index contributed by atoms with van der Waals surface area (Å²) in [6.45, 7) is -0.401. The molecule has 1 rings (SSSR count). The molecule has 0 radical (unpaired) electrons. The molecule has 0 aliphatic heterocycles. The smallest absolute Gasteiger partial charge is 0.250 e. The molecule has 0 atom stereocenters. The van der Waals surface area contributed by atoms with E-state index in [0.29, 0.717) is 6.04 Å². The number of rotatable bonds is 5. The van der Waals surface area contributed by atoms with Crippen LogP contribution in [0.15, 0.2) is 0 Å². The molecule has 0 aromatic carbocycles. The minimum Gasteiger partial charge on any atom is -0.342 e. The monoisotopic (exact) mass is 192 g/mol. The summed E-state index contributed by atoms with van der Waals surface area (Å²) in [5.41, 5.74) is 0. The predicted octanol–water partition coefficient (Wildman–Crippen LogP) is 0.462. The molecule has 1 amide bonds. The van der Waals surface area contributed by atoms with E-state index in [2.05, 4.69) is 5.32 Å². The summed E-state index contributed by atoms with van der Waals surface area (Å²) < 4.78 is 23.3. The predicted molar refractivity (Wildman–Crippen MR) is 44.7 cm³/mol. The molecule has 1 aliphatic carbocycles. The van der Waals surface area contributed by atoms with Crippen molar-refractivity contribution < 1.29 is 13.6 Å². The number of hydrogen-bond acceptors (Lipinski definition) is 2. The van der Waals surface area contributed by atoms with E-state index in [9.17, 15) is 13.6 Å². The summed E-state index contributed by atoms with van der Waals surface area (Å²) in [7, 11) is 1.71. The number of likely N-dealkylation sites (N-methyl/N-ethyl adjacent to an activating group) is 1. The van der Waals surface area contributed by atoms with Gasteiger partial charge in [-0.2, -0.15) is 0 Å². The summed E-state index contributed by atoms with van der Waals surface area (Å²) in [6, 6.07) is 0.348. The Kier molecular flexibility index (Phi) is 3.59. The zero-order valence-corrected chi connectivity index (χ0v) is 7.59. The lowest BCUT2D eigenvalue weighted by atomic mass is 10.4. The number of nitrogens with zero attached hydrogens (tertiary/aromatic N) is 1. The van der Waals surface area contributed by atoms with Crippen LogP contribution in [0.1, 0.15) is 12.8 Å². The third-order valence-corrected chi connectivity index (χ3v) is 2.06. The van der Waals surface area contributed by atoms with Gasteiger partial charge in [0, 0.05) is 13.1 Å². The van der Waals surface area contributed by atoms with Crippen molar-refractivity contribution in [3.05, 3.63) is 0 Å². The first kappa shape index (κ1) is 10.4. The Hall–Kier alpha value is -0.710. The highest BCUT2D eigenvalue weighted by atomic mass is 19.3. The van der Waals surface area contributed by atoms with E-state index < -0.39 is 13.0 Å². The molecule has 13 heavy (non-hydrogen) atoms. The topological polar surface area (TPSA) is 32.3 Å². The van der Waals surface area contributed by atoms with E-state index in [-0.39, 0.29) is 12.5 Å². The van der Waals surface area contributed by atoms with Gasteiger partial charge >= 0.3 is 0 Å². The van der Waals surface area contributed by atoms with Crippen molar-refractivity contribution in [3.63, 3.8) is 0 Å². The van der Waals surface area contributed by atoms with Gasteiger partial charge in [0.05, 0.1) is 13.1 Å². The molecular weight excluding hydrogens is 178 g/mol. The van der Waals surface area contributed by atoms with Crippen molar-refractivity contribution in [1.29, 1.82) is 0 Å². The Morgan fingerprint density at radius 1 is 1.62 bits per heavy atom. The summed E-state index contributed by atoms with van der Waals surface area (Å²) in [5, 5.41) is 2.41. The molecule has 0 unspecified atom stereocenters. The second kappa shape index (κ2) is 4.50. The van der Waals surface area contributed by atoms with E-state index in [4.69, 9.17) is 0 Å². The van der Waals surface area contributed by atoms with Crippen LogP contribution >= 0.6 is 0 Å². The quantitative estimate of drug-likeness (QED) is 0.686. The number of nitrogens with one attached hydrogen (secondary N) is 1. The fourth-order valence-corrected chi connectivity index (χ4v) is 1.08. The van der Waals surface area contributed by atoms with E-state index in [0.717, 1.165) is 12.8 Å². The van der Waals surface area contributed by atoms with Crippen molar-refractivity contribution in [1.82, 2.24) is 10.2 Å². The van der Waals surface area contributed by atoms with Gasteiger partial charge in [0.15, 0.2) is 0 Å². The molecule has 0 saturated heterocycles. The summed E-state index contributed by atoms with van der Waals surface area (Å²) >= 11 is 0. The third-order valence-electron chi connectivity index (χ3n) is 2.06. The van der Waals surface area contributed by atoms with E-state index >= 15 is 0 Å². The maximum atomic E-state index is 11.7. The van der Waals surface area contributed by atoms with Gasteiger partial charge in [0.2, 0.25) is 5.91 Å². The molecule has 1 N–H and O–H groups in total. The maximum absolute atomic E-state index is 11.7. The minimum atomic E-state index is -2.39. The first-order chi connectivity index (χ1) is 6.11. The van der Waals surface area contributed by atoms with Gasteiger partial charge in [-0.05, 0) is 12.8 Å². The lowest BCUT2D eigenvalue weighted by molar-refractivity contribution is -0.129.